The highest BCUT2D eigenvalue weighted by Crippen LogP contribution is 2.29. The van der Waals surface area contributed by atoms with Crippen LogP contribution in [0.25, 0.3) is 17.2 Å². The zero-order chi connectivity index (χ0) is 19.6. The number of thioether (sulfide) groups is 1. The van der Waals surface area contributed by atoms with Crippen molar-refractivity contribution in [1.82, 2.24) is 10.2 Å². The van der Waals surface area contributed by atoms with E-state index in [1.807, 2.05) is 49.4 Å². The monoisotopic (exact) mass is 382 g/mol. The van der Waals surface area contributed by atoms with Gasteiger partial charge in [0.1, 0.15) is 0 Å². The van der Waals surface area contributed by atoms with Crippen LogP contribution in [0.4, 0.5) is 9.59 Å². The fourth-order valence-corrected chi connectivity index (χ4v) is 3.53. The Bertz CT molecular complexity index is 968. The van der Waals surface area contributed by atoms with E-state index in [1.54, 1.807) is 6.08 Å². The molecule has 0 spiro atoms. The Labute approximate surface area is 160 Å². The normalized spacial score (nSPS) is 15.1. The number of hydrogen-bond donors (Lipinski definition) is 2. The Hall–Kier alpha value is -3.06. The largest absolute Gasteiger partial charge is 0.465 e. The van der Waals surface area contributed by atoms with E-state index in [2.05, 4.69) is 5.32 Å². The molecule has 1 heterocycles. The molecular formula is C20H18N2O4S. The van der Waals surface area contributed by atoms with E-state index in [0.29, 0.717) is 11.4 Å². The molecule has 1 aliphatic heterocycles. The Morgan fingerprint density at radius 2 is 2.00 bits per heavy atom. The molecule has 1 saturated heterocycles. The number of carbonyl (C=O) groups excluding carboxylic acids is 2. The van der Waals surface area contributed by atoms with Crippen LogP contribution in [0.2, 0.25) is 0 Å². The zero-order valence-electron chi connectivity index (χ0n) is 14.9. The summed E-state index contributed by atoms with van der Waals surface area (Å²) in [5.41, 5.74) is 4.77. The smallest absolute Gasteiger partial charge is 0.407 e. The van der Waals surface area contributed by atoms with Crippen molar-refractivity contribution in [1.29, 1.82) is 0 Å². The number of aryl methyl sites for hydroxylation is 1. The van der Waals surface area contributed by atoms with Gasteiger partial charge in [0.25, 0.3) is 11.1 Å². The van der Waals surface area contributed by atoms with Crippen molar-refractivity contribution in [2.75, 3.05) is 7.05 Å². The second-order valence-electron chi connectivity index (χ2n) is 6.27. The number of imide groups is 1. The van der Waals surface area contributed by atoms with E-state index in [4.69, 9.17) is 5.11 Å². The maximum atomic E-state index is 11.7. The molecule has 0 radical (unpaired) electrons. The molecule has 0 bridgehead atoms. The fraction of sp³-hybridized carbons (Fsp3) is 0.150. The first-order chi connectivity index (χ1) is 12.8. The molecule has 0 saturated carbocycles. The first-order valence-electron chi connectivity index (χ1n) is 8.22. The minimum atomic E-state index is -0.971. The second kappa shape index (κ2) is 7.67. The van der Waals surface area contributed by atoms with E-state index in [9.17, 15) is 14.4 Å². The SMILES string of the molecule is Cc1cc(/C=C2/SC(=O)NC2=O)ccc1-c1cccc(CN(C)C(=O)O)c1. The van der Waals surface area contributed by atoms with Crippen molar-refractivity contribution in [3.8, 4) is 11.1 Å². The Kier molecular flexibility index (Phi) is 5.32. The summed E-state index contributed by atoms with van der Waals surface area (Å²) in [6.07, 6.45) is 0.723. The maximum Gasteiger partial charge on any atom is 0.407 e. The first-order valence-corrected chi connectivity index (χ1v) is 9.04. The fourth-order valence-electron chi connectivity index (χ4n) is 2.85. The first kappa shape index (κ1) is 18.7. The van der Waals surface area contributed by atoms with E-state index < -0.39 is 6.09 Å². The van der Waals surface area contributed by atoms with Gasteiger partial charge in [-0.2, -0.15) is 0 Å². The lowest BCUT2D eigenvalue weighted by Gasteiger charge is -2.14. The van der Waals surface area contributed by atoms with E-state index in [-0.39, 0.29) is 11.1 Å². The molecular weight excluding hydrogens is 364 g/mol. The number of nitrogens with zero attached hydrogens (tertiary/aromatic N) is 1. The van der Waals surface area contributed by atoms with E-state index >= 15 is 0 Å². The van der Waals surface area contributed by atoms with Gasteiger partial charge in [-0.3, -0.25) is 14.9 Å². The van der Waals surface area contributed by atoms with Crippen molar-refractivity contribution in [3.05, 3.63) is 64.1 Å². The molecule has 2 aromatic rings. The van der Waals surface area contributed by atoms with E-state index in [1.165, 1.54) is 11.9 Å². The summed E-state index contributed by atoms with van der Waals surface area (Å²) in [4.78, 5) is 35.5. The van der Waals surface area contributed by atoms with Gasteiger partial charge in [-0.1, -0.05) is 36.4 Å². The van der Waals surface area contributed by atoms with Gasteiger partial charge in [0.15, 0.2) is 0 Å². The molecule has 0 aromatic heterocycles. The second-order valence-corrected chi connectivity index (χ2v) is 7.28. The standard InChI is InChI=1S/C20H18N2O4S/c1-12-8-13(10-17-18(23)21-19(24)27-17)6-7-16(12)15-5-3-4-14(9-15)11-22(2)20(25)26/h3-10H,11H2,1-2H3,(H,25,26)(H,21,23,24)/b17-10+. The molecule has 1 aliphatic rings. The van der Waals surface area contributed by atoms with Gasteiger partial charge in [0.2, 0.25) is 0 Å². The van der Waals surface area contributed by atoms with Crippen LogP contribution in [-0.2, 0) is 11.3 Å². The van der Waals surface area contributed by atoms with Crippen molar-refractivity contribution in [2.24, 2.45) is 0 Å². The average Bonchev–Trinajstić information content (AvgIpc) is 2.92. The van der Waals surface area contributed by atoms with Gasteiger partial charge in [-0.15, -0.1) is 0 Å². The van der Waals surface area contributed by atoms with E-state index in [0.717, 1.165) is 39.6 Å². The number of carboxylic acid groups (broad SMARTS) is 1. The van der Waals surface area contributed by atoms with Crippen molar-refractivity contribution >= 4 is 35.1 Å². The molecule has 2 N–H and O–H groups in total. The van der Waals surface area contributed by atoms with Crippen LogP contribution in [0.3, 0.4) is 0 Å². The number of benzene rings is 2. The molecule has 138 valence electrons. The summed E-state index contributed by atoms with van der Waals surface area (Å²) in [7, 11) is 1.53. The Morgan fingerprint density at radius 3 is 2.63 bits per heavy atom. The minimum Gasteiger partial charge on any atom is -0.465 e. The third-order valence-corrected chi connectivity index (χ3v) is 4.99. The number of rotatable bonds is 4. The summed E-state index contributed by atoms with van der Waals surface area (Å²) >= 11 is 0.894. The lowest BCUT2D eigenvalue weighted by Crippen LogP contribution is -2.23. The molecule has 0 atom stereocenters. The number of hydrogen-bond acceptors (Lipinski definition) is 4. The number of nitrogens with one attached hydrogen (secondary N) is 1. The predicted octanol–water partition coefficient (Wildman–Crippen LogP) is 4.10. The van der Waals surface area contributed by atoms with Crippen molar-refractivity contribution in [3.63, 3.8) is 0 Å². The Balaban J connectivity index is 1.86. The van der Waals surface area contributed by atoms with Crippen molar-refractivity contribution in [2.45, 2.75) is 13.5 Å². The van der Waals surface area contributed by atoms with Gasteiger partial charge >= 0.3 is 6.09 Å². The molecule has 3 amide bonds. The maximum absolute atomic E-state index is 11.7. The van der Waals surface area contributed by atoms with Crippen LogP contribution in [0.5, 0.6) is 0 Å². The highest BCUT2D eigenvalue weighted by Gasteiger charge is 2.24. The van der Waals surface area contributed by atoms with Gasteiger partial charge in [-0.05, 0) is 58.6 Å². The predicted molar refractivity (Wildman–Crippen MR) is 105 cm³/mol. The van der Waals surface area contributed by atoms with Crippen LogP contribution in [0.1, 0.15) is 16.7 Å². The van der Waals surface area contributed by atoms with Crippen LogP contribution in [0, 0.1) is 6.92 Å². The van der Waals surface area contributed by atoms with Gasteiger partial charge in [0, 0.05) is 13.6 Å². The third kappa shape index (κ3) is 4.38. The molecule has 27 heavy (non-hydrogen) atoms. The summed E-state index contributed by atoms with van der Waals surface area (Å²) in [6.45, 7) is 2.28. The van der Waals surface area contributed by atoms with Crippen LogP contribution < -0.4 is 5.32 Å². The summed E-state index contributed by atoms with van der Waals surface area (Å²) in [5.74, 6) is -0.373. The molecule has 0 aliphatic carbocycles. The zero-order valence-corrected chi connectivity index (χ0v) is 15.7. The minimum absolute atomic E-state index is 0.312. The van der Waals surface area contributed by atoms with Crippen molar-refractivity contribution < 1.29 is 19.5 Å². The van der Waals surface area contributed by atoms with Crippen LogP contribution >= 0.6 is 11.8 Å². The molecule has 2 aromatic carbocycles. The summed E-state index contributed by atoms with van der Waals surface area (Å²) in [6, 6.07) is 13.5. The molecule has 0 unspecified atom stereocenters. The highest BCUT2D eigenvalue weighted by atomic mass is 32.2. The summed E-state index contributed by atoms with van der Waals surface area (Å²) in [5, 5.41) is 10.9. The number of carbonyl (C=O) groups is 3. The van der Waals surface area contributed by atoms with Gasteiger partial charge < -0.3 is 10.0 Å². The highest BCUT2D eigenvalue weighted by molar-refractivity contribution is 8.18. The van der Waals surface area contributed by atoms with Crippen LogP contribution in [-0.4, -0.2) is 34.3 Å². The average molecular weight is 382 g/mol. The Morgan fingerprint density at radius 1 is 1.22 bits per heavy atom. The van der Waals surface area contributed by atoms with Gasteiger partial charge in [0.05, 0.1) is 4.91 Å². The lowest BCUT2D eigenvalue weighted by atomic mass is 9.97. The quantitative estimate of drug-likeness (QED) is 0.778. The third-order valence-electron chi connectivity index (χ3n) is 4.17. The topological polar surface area (TPSA) is 86.7 Å². The molecule has 7 heteroatoms. The van der Waals surface area contributed by atoms with Gasteiger partial charge in [-0.25, -0.2) is 4.79 Å². The molecule has 1 fully saturated rings. The molecule has 3 rings (SSSR count). The van der Waals surface area contributed by atoms with Crippen LogP contribution in [0.15, 0.2) is 47.4 Å². The lowest BCUT2D eigenvalue weighted by molar-refractivity contribution is -0.115. The molecule has 6 nitrogen and oxygen atoms in total. The number of amides is 3. The summed E-state index contributed by atoms with van der Waals surface area (Å²) < 4.78 is 0.